The predicted octanol–water partition coefficient (Wildman–Crippen LogP) is 1.79. The molecule has 3 aliphatic rings. The Morgan fingerprint density at radius 3 is 2.53 bits per heavy atom. The zero-order valence-electron chi connectivity index (χ0n) is 17.2. The molecule has 3 fully saturated rings. The molecule has 162 valence electrons. The van der Waals surface area contributed by atoms with E-state index in [1.165, 1.54) is 5.57 Å². The van der Waals surface area contributed by atoms with Crippen LogP contribution in [0.25, 0.3) is 0 Å². The van der Waals surface area contributed by atoms with E-state index in [0.717, 1.165) is 56.6 Å². The Morgan fingerprint density at radius 1 is 1.17 bits per heavy atom. The molecule has 1 aromatic rings. The van der Waals surface area contributed by atoms with E-state index in [1.807, 2.05) is 17.0 Å². The van der Waals surface area contributed by atoms with E-state index in [4.69, 9.17) is 20.1 Å². The van der Waals surface area contributed by atoms with Crippen LogP contribution in [0, 0.1) is 5.41 Å². The van der Waals surface area contributed by atoms with E-state index in [0.29, 0.717) is 19.0 Å². The SMILES string of the molecule is N=C(c1ccc(C2CC(C=C3CCN(CC(=O)O)CC3)ON2)cc1)N1CCOCC1. The van der Waals surface area contributed by atoms with Gasteiger partial charge in [-0.2, -0.15) is 5.48 Å². The van der Waals surface area contributed by atoms with Crippen LogP contribution in [0.15, 0.2) is 35.9 Å². The predicted molar refractivity (Wildman–Crippen MR) is 112 cm³/mol. The van der Waals surface area contributed by atoms with Crippen LogP contribution in [0.4, 0.5) is 0 Å². The number of carbonyl (C=O) groups is 1. The average Bonchev–Trinajstić information content (AvgIpc) is 3.23. The summed E-state index contributed by atoms with van der Waals surface area (Å²) in [6.45, 7) is 4.59. The molecule has 8 nitrogen and oxygen atoms in total. The Balaban J connectivity index is 1.29. The molecule has 30 heavy (non-hydrogen) atoms. The van der Waals surface area contributed by atoms with Crippen molar-refractivity contribution in [2.24, 2.45) is 0 Å². The van der Waals surface area contributed by atoms with Gasteiger partial charge in [-0.05, 0) is 18.4 Å². The van der Waals surface area contributed by atoms with Gasteiger partial charge in [-0.25, -0.2) is 0 Å². The highest BCUT2D eigenvalue weighted by Crippen LogP contribution is 2.28. The summed E-state index contributed by atoms with van der Waals surface area (Å²) in [6.07, 6.45) is 4.89. The summed E-state index contributed by atoms with van der Waals surface area (Å²) in [4.78, 5) is 20.7. The van der Waals surface area contributed by atoms with E-state index in [2.05, 4.69) is 28.6 Å². The highest BCUT2D eigenvalue weighted by atomic mass is 16.7. The second-order valence-electron chi connectivity index (χ2n) is 8.13. The van der Waals surface area contributed by atoms with E-state index in [-0.39, 0.29) is 18.7 Å². The van der Waals surface area contributed by atoms with Crippen molar-refractivity contribution < 1.29 is 19.5 Å². The lowest BCUT2D eigenvalue weighted by atomic mass is 9.97. The summed E-state index contributed by atoms with van der Waals surface area (Å²) in [6, 6.07) is 8.30. The van der Waals surface area contributed by atoms with Gasteiger partial charge in [0.1, 0.15) is 5.84 Å². The number of nitrogens with one attached hydrogen (secondary N) is 2. The van der Waals surface area contributed by atoms with Crippen molar-refractivity contribution in [2.75, 3.05) is 45.9 Å². The van der Waals surface area contributed by atoms with Crippen LogP contribution < -0.4 is 5.48 Å². The Labute approximate surface area is 176 Å². The van der Waals surface area contributed by atoms with Crippen LogP contribution in [0.3, 0.4) is 0 Å². The van der Waals surface area contributed by atoms with Crippen LogP contribution in [-0.2, 0) is 14.4 Å². The van der Waals surface area contributed by atoms with Gasteiger partial charge >= 0.3 is 5.97 Å². The first-order valence-electron chi connectivity index (χ1n) is 10.6. The van der Waals surface area contributed by atoms with Crippen molar-refractivity contribution in [3.05, 3.63) is 47.0 Å². The van der Waals surface area contributed by atoms with E-state index < -0.39 is 5.97 Å². The maximum absolute atomic E-state index is 10.8. The lowest BCUT2D eigenvalue weighted by Gasteiger charge is -2.29. The zero-order chi connectivity index (χ0) is 20.9. The average molecular weight is 415 g/mol. The van der Waals surface area contributed by atoms with Crippen molar-refractivity contribution in [3.63, 3.8) is 0 Å². The maximum Gasteiger partial charge on any atom is 0.317 e. The molecule has 3 N–H and O–H groups in total. The van der Waals surface area contributed by atoms with Gasteiger partial charge in [0, 0.05) is 38.2 Å². The fourth-order valence-electron chi connectivity index (χ4n) is 4.27. The molecule has 3 saturated heterocycles. The summed E-state index contributed by atoms with van der Waals surface area (Å²) in [5.41, 5.74) is 6.57. The van der Waals surface area contributed by atoms with E-state index in [1.54, 1.807) is 0 Å². The Morgan fingerprint density at radius 2 is 1.87 bits per heavy atom. The van der Waals surface area contributed by atoms with Crippen LogP contribution >= 0.6 is 0 Å². The minimum absolute atomic E-state index is 0.0300. The standard InChI is InChI=1S/C22H30N4O4/c23-22(26-9-11-29-12-10-26)18-3-1-17(2-4-18)20-14-19(30-24-20)13-16-5-7-25(8-6-16)15-21(27)28/h1-4,13,19-20,23-24H,5-12,14-15H2,(H,27,28). The molecule has 0 saturated carbocycles. The first kappa shape index (κ1) is 21.0. The molecule has 0 bridgehead atoms. The highest BCUT2D eigenvalue weighted by molar-refractivity contribution is 5.96. The first-order valence-corrected chi connectivity index (χ1v) is 10.6. The molecule has 8 heteroatoms. The topological polar surface area (TPSA) is 98.1 Å². The number of morpholine rings is 1. The third-order valence-electron chi connectivity index (χ3n) is 6.02. The van der Waals surface area contributed by atoms with Crippen molar-refractivity contribution in [1.82, 2.24) is 15.3 Å². The number of benzene rings is 1. The number of rotatable bonds is 5. The van der Waals surface area contributed by atoms with E-state index >= 15 is 0 Å². The fourth-order valence-corrected chi connectivity index (χ4v) is 4.27. The minimum atomic E-state index is -0.764. The summed E-state index contributed by atoms with van der Waals surface area (Å²) in [7, 11) is 0. The molecule has 3 aliphatic heterocycles. The molecular formula is C22H30N4O4. The molecule has 0 aliphatic carbocycles. The third-order valence-corrected chi connectivity index (χ3v) is 6.02. The number of aliphatic carboxylic acids is 1. The van der Waals surface area contributed by atoms with Gasteiger partial charge in [-0.3, -0.25) is 19.9 Å². The molecule has 4 rings (SSSR count). The number of hydrogen-bond acceptors (Lipinski definition) is 6. The number of hydroxylamine groups is 1. The van der Waals surface area contributed by atoms with Crippen molar-refractivity contribution in [3.8, 4) is 0 Å². The minimum Gasteiger partial charge on any atom is -0.480 e. The third kappa shape index (κ3) is 5.26. The molecule has 2 atom stereocenters. The Bertz CT molecular complexity index is 779. The molecular weight excluding hydrogens is 384 g/mol. The number of likely N-dealkylation sites (tertiary alicyclic amines) is 1. The van der Waals surface area contributed by atoms with Gasteiger partial charge in [-0.15, -0.1) is 0 Å². The second-order valence-corrected chi connectivity index (χ2v) is 8.13. The molecule has 1 aromatic carbocycles. The number of nitrogens with zero attached hydrogens (tertiary/aromatic N) is 2. The molecule has 3 heterocycles. The molecule has 0 aromatic heterocycles. The first-order chi connectivity index (χ1) is 14.6. The van der Waals surface area contributed by atoms with Crippen molar-refractivity contribution in [2.45, 2.75) is 31.4 Å². The van der Waals surface area contributed by atoms with Gasteiger partial charge in [0.05, 0.1) is 31.9 Å². The highest BCUT2D eigenvalue weighted by Gasteiger charge is 2.27. The van der Waals surface area contributed by atoms with Gasteiger partial charge in [0.15, 0.2) is 0 Å². The number of piperidine rings is 1. The zero-order valence-corrected chi connectivity index (χ0v) is 17.2. The van der Waals surface area contributed by atoms with Crippen LogP contribution in [0.1, 0.15) is 36.4 Å². The smallest absolute Gasteiger partial charge is 0.317 e. The number of carboxylic acids is 1. The van der Waals surface area contributed by atoms with Gasteiger partial charge in [-0.1, -0.05) is 35.9 Å². The van der Waals surface area contributed by atoms with Crippen molar-refractivity contribution in [1.29, 1.82) is 5.41 Å². The lowest BCUT2D eigenvalue weighted by molar-refractivity contribution is -0.138. The van der Waals surface area contributed by atoms with E-state index in [9.17, 15) is 4.79 Å². The number of amidine groups is 1. The van der Waals surface area contributed by atoms with Crippen LogP contribution in [0.5, 0.6) is 0 Å². The molecule has 0 spiro atoms. The fraction of sp³-hybridized carbons (Fsp3) is 0.545. The van der Waals surface area contributed by atoms with Crippen molar-refractivity contribution >= 4 is 11.8 Å². The van der Waals surface area contributed by atoms with Gasteiger partial charge in [0.2, 0.25) is 0 Å². The van der Waals surface area contributed by atoms with Crippen LogP contribution in [-0.4, -0.2) is 78.8 Å². The summed E-state index contributed by atoms with van der Waals surface area (Å²) in [5, 5.41) is 17.3. The second kappa shape index (κ2) is 9.70. The molecule has 0 amide bonds. The number of ether oxygens (including phenoxy) is 1. The summed E-state index contributed by atoms with van der Waals surface area (Å²) >= 11 is 0. The number of hydrogen-bond donors (Lipinski definition) is 3. The summed E-state index contributed by atoms with van der Waals surface area (Å²) < 4.78 is 5.37. The number of carboxylic acid groups (broad SMARTS) is 1. The quantitative estimate of drug-likeness (QED) is 0.384. The lowest BCUT2D eigenvalue weighted by Crippen LogP contribution is -2.40. The Hall–Kier alpha value is -2.26. The molecule has 0 radical (unpaired) electrons. The van der Waals surface area contributed by atoms with Gasteiger partial charge < -0.3 is 14.7 Å². The summed E-state index contributed by atoms with van der Waals surface area (Å²) in [5.74, 6) is -0.211. The largest absolute Gasteiger partial charge is 0.480 e. The Kier molecular flexibility index (Phi) is 6.79. The maximum atomic E-state index is 10.8. The monoisotopic (exact) mass is 414 g/mol. The molecule has 2 unspecified atom stereocenters. The van der Waals surface area contributed by atoms with Gasteiger partial charge in [0.25, 0.3) is 0 Å². The van der Waals surface area contributed by atoms with Crippen LogP contribution in [0.2, 0.25) is 0 Å². The normalized spacial score (nSPS) is 25.3.